The largest absolute Gasteiger partial charge is 0.476 e. The molecule has 134 valence electrons. The van der Waals surface area contributed by atoms with Crippen LogP contribution in [0.2, 0.25) is 0 Å². The van der Waals surface area contributed by atoms with Crippen molar-refractivity contribution in [2.45, 2.75) is 51.5 Å². The minimum Gasteiger partial charge on any atom is -0.476 e. The zero-order chi connectivity index (χ0) is 15.6. The van der Waals surface area contributed by atoms with Crippen LogP contribution in [0.1, 0.15) is 51.0 Å². The van der Waals surface area contributed by atoms with Crippen molar-refractivity contribution in [1.82, 2.24) is 9.88 Å². The maximum atomic E-state index is 10.7. The molecule has 1 atom stereocenters. The molecule has 0 aliphatic carbocycles. The summed E-state index contributed by atoms with van der Waals surface area (Å²) >= 11 is 0. The fraction of sp³-hybridized carbons (Fsp3) is 0.556. The van der Waals surface area contributed by atoms with Crippen molar-refractivity contribution in [3.05, 3.63) is 24.0 Å². The van der Waals surface area contributed by atoms with E-state index in [2.05, 4.69) is 23.7 Å². The van der Waals surface area contributed by atoms with Gasteiger partial charge in [0.05, 0.1) is 12.2 Å². The quantitative estimate of drug-likeness (QED) is 0.394. The summed E-state index contributed by atoms with van der Waals surface area (Å²) in [6, 6.07) is 1.92. The molecule has 1 aliphatic rings. The maximum absolute atomic E-state index is 10.7. The van der Waals surface area contributed by atoms with Gasteiger partial charge in [-0.2, -0.15) is 0 Å². The number of halogens is 2. The minimum atomic E-state index is 0. The average Bonchev–Trinajstić information content (AvgIpc) is 2.51. The number of ether oxygens (including phenoxy) is 1. The van der Waals surface area contributed by atoms with Crippen molar-refractivity contribution in [3.8, 4) is 17.6 Å². The number of unbranched alkanes of at least 4 members (excludes halogenated alkanes) is 4. The topological polar surface area (TPSA) is 42.4 Å². The summed E-state index contributed by atoms with van der Waals surface area (Å²) in [7, 11) is 0. The second-order valence-corrected chi connectivity index (χ2v) is 5.60. The number of pyridine rings is 1. The van der Waals surface area contributed by atoms with Crippen LogP contribution in [-0.2, 0) is 4.79 Å². The van der Waals surface area contributed by atoms with Gasteiger partial charge in [0.1, 0.15) is 18.8 Å². The molecular formula is C18H26Cl2N2O2. The molecule has 0 aromatic carbocycles. The van der Waals surface area contributed by atoms with Gasteiger partial charge in [-0.1, -0.05) is 38.0 Å². The molecule has 0 unspecified atom stereocenters. The molecule has 1 aromatic rings. The second kappa shape index (κ2) is 13.1. The van der Waals surface area contributed by atoms with E-state index in [1.54, 1.807) is 12.4 Å². The summed E-state index contributed by atoms with van der Waals surface area (Å²) in [5.41, 5.74) is 0.878. The van der Waals surface area contributed by atoms with Crippen LogP contribution < -0.4 is 4.74 Å². The summed E-state index contributed by atoms with van der Waals surface area (Å²) in [4.78, 5) is 16.9. The highest BCUT2D eigenvalue weighted by atomic mass is 35.5. The van der Waals surface area contributed by atoms with Gasteiger partial charge in [-0.25, -0.2) is 0 Å². The molecule has 2 heterocycles. The smallest absolute Gasteiger partial charge is 0.142 e. The highest BCUT2D eigenvalue weighted by molar-refractivity contribution is 5.85. The van der Waals surface area contributed by atoms with E-state index < -0.39 is 0 Å². The molecule has 0 N–H and O–H groups in total. The first-order valence-electron chi connectivity index (χ1n) is 8.09. The standard InChI is InChI=1S/C18H24N2O2.2ClH/c1-2-3-4-5-6-7-8-16-11-18(13-19-12-16)22-15-20-10-9-17(20)14-21;;/h11-14,17H,2-6,9-10,15H2,1H3;2*1H/t17-;;/m0../s1. The lowest BCUT2D eigenvalue weighted by molar-refractivity contribution is -0.118. The summed E-state index contributed by atoms with van der Waals surface area (Å²) in [6.07, 6.45) is 11.2. The first kappa shape index (κ1) is 22.7. The van der Waals surface area contributed by atoms with Gasteiger partial charge in [-0.05, 0) is 18.9 Å². The number of carbonyl (C=O) groups excluding carboxylic acids is 1. The van der Waals surface area contributed by atoms with E-state index in [4.69, 9.17) is 4.74 Å². The molecule has 4 nitrogen and oxygen atoms in total. The fourth-order valence-electron chi connectivity index (χ4n) is 2.30. The number of hydrogen-bond acceptors (Lipinski definition) is 4. The molecule has 1 aromatic heterocycles. The monoisotopic (exact) mass is 372 g/mol. The van der Waals surface area contributed by atoms with E-state index in [9.17, 15) is 4.79 Å². The van der Waals surface area contributed by atoms with Gasteiger partial charge in [0.2, 0.25) is 0 Å². The van der Waals surface area contributed by atoms with Gasteiger partial charge >= 0.3 is 0 Å². The first-order valence-corrected chi connectivity index (χ1v) is 8.09. The predicted molar refractivity (Wildman–Crippen MR) is 101 cm³/mol. The second-order valence-electron chi connectivity index (χ2n) is 5.60. The lowest BCUT2D eigenvalue weighted by Gasteiger charge is -2.36. The lowest BCUT2D eigenvalue weighted by atomic mass is 10.1. The van der Waals surface area contributed by atoms with E-state index in [1.807, 2.05) is 11.0 Å². The third-order valence-corrected chi connectivity index (χ3v) is 3.84. The van der Waals surface area contributed by atoms with Crippen molar-refractivity contribution in [2.24, 2.45) is 0 Å². The Morgan fingerprint density at radius 1 is 1.33 bits per heavy atom. The van der Waals surface area contributed by atoms with E-state index in [1.165, 1.54) is 19.3 Å². The number of carbonyl (C=O) groups is 1. The molecule has 0 radical (unpaired) electrons. The summed E-state index contributed by atoms with van der Waals surface area (Å²) in [6.45, 7) is 3.55. The lowest BCUT2D eigenvalue weighted by Crippen LogP contribution is -2.50. The Morgan fingerprint density at radius 3 is 2.83 bits per heavy atom. The highest BCUT2D eigenvalue weighted by Gasteiger charge is 2.27. The molecule has 1 saturated heterocycles. The van der Waals surface area contributed by atoms with Crippen LogP contribution in [0.15, 0.2) is 18.5 Å². The number of rotatable bonds is 8. The predicted octanol–water partition coefficient (Wildman–Crippen LogP) is 3.86. The van der Waals surface area contributed by atoms with Gasteiger partial charge in [0.25, 0.3) is 0 Å². The number of aromatic nitrogens is 1. The molecule has 0 saturated carbocycles. The van der Waals surface area contributed by atoms with Gasteiger partial charge < -0.3 is 9.53 Å². The fourth-order valence-corrected chi connectivity index (χ4v) is 2.30. The maximum Gasteiger partial charge on any atom is 0.142 e. The van der Waals surface area contributed by atoms with E-state index in [-0.39, 0.29) is 30.9 Å². The highest BCUT2D eigenvalue weighted by Crippen LogP contribution is 2.17. The molecule has 1 aliphatic heterocycles. The summed E-state index contributed by atoms with van der Waals surface area (Å²) < 4.78 is 5.68. The SMILES string of the molecule is CCCCCCC#Cc1cncc(OCN2CC[C@H]2C=O)c1.Cl.Cl. The molecule has 1 fully saturated rings. The normalized spacial score (nSPS) is 15.8. The van der Waals surface area contributed by atoms with Gasteiger partial charge in [-0.3, -0.25) is 9.88 Å². The molecule has 0 spiro atoms. The van der Waals surface area contributed by atoms with Crippen LogP contribution in [0, 0.1) is 11.8 Å². The molecular weight excluding hydrogens is 347 g/mol. The van der Waals surface area contributed by atoms with E-state index >= 15 is 0 Å². The van der Waals surface area contributed by atoms with Gasteiger partial charge in [-0.15, -0.1) is 24.8 Å². The van der Waals surface area contributed by atoms with Gasteiger partial charge in [0.15, 0.2) is 0 Å². The molecule has 0 amide bonds. The average molecular weight is 373 g/mol. The number of nitrogens with zero attached hydrogens (tertiary/aromatic N) is 2. The number of hydrogen-bond donors (Lipinski definition) is 0. The molecule has 2 rings (SSSR count). The third-order valence-electron chi connectivity index (χ3n) is 3.84. The van der Waals surface area contributed by atoms with Crippen LogP contribution in [0.25, 0.3) is 0 Å². The minimum absolute atomic E-state index is 0. The Bertz CT molecular complexity index is 543. The van der Waals surface area contributed by atoms with Gasteiger partial charge in [0, 0.05) is 24.7 Å². The molecule has 0 bridgehead atoms. The van der Waals surface area contributed by atoms with Crippen molar-refractivity contribution in [1.29, 1.82) is 0 Å². The zero-order valence-electron chi connectivity index (χ0n) is 14.1. The van der Waals surface area contributed by atoms with E-state index in [0.717, 1.165) is 37.7 Å². The van der Waals surface area contributed by atoms with Crippen LogP contribution in [0.3, 0.4) is 0 Å². The van der Waals surface area contributed by atoms with Crippen LogP contribution in [0.4, 0.5) is 0 Å². The van der Waals surface area contributed by atoms with Crippen molar-refractivity contribution < 1.29 is 9.53 Å². The summed E-state index contributed by atoms with van der Waals surface area (Å²) in [5.74, 6) is 7.03. The van der Waals surface area contributed by atoms with Crippen LogP contribution >= 0.6 is 24.8 Å². The number of aldehydes is 1. The Morgan fingerprint density at radius 2 is 2.17 bits per heavy atom. The Balaban J connectivity index is 0.00000264. The first-order chi connectivity index (χ1) is 10.8. The van der Waals surface area contributed by atoms with Crippen LogP contribution in [-0.4, -0.2) is 35.5 Å². The molecule has 24 heavy (non-hydrogen) atoms. The Hall–Kier alpha value is -1.28. The summed E-state index contributed by atoms with van der Waals surface area (Å²) in [5, 5.41) is 0. The molecule has 6 heteroatoms. The Kier molecular flexibility index (Phi) is 12.4. The zero-order valence-corrected chi connectivity index (χ0v) is 15.7. The number of likely N-dealkylation sites (tertiary alicyclic amines) is 1. The third kappa shape index (κ3) is 7.53. The van der Waals surface area contributed by atoms with Crippen molar-refractivity contribution in [2.75, 3.05) is 13.3 Å². The van der Waals surface area contributed by atoms with Crippen LogP contribution in [0.5, 0.6) is 5.75 Å². The Labute approximate surface area is 157 Å². The van der Waals surface area contributed by atoms with Crippen molar-refractivity contribution >= 4 is 31.1 Å². The van der Waals surface area contributed by atoms with Crippen molar-refractivity contribution in [3.63, 3.8) is 0 Å². The van der Waals surface area contributed by atoms with E-state index in [0.29, 0.717) is 12.5 Å².